The molecule has 5 aromatic rings. The first-order valence-electron chi connectivity index (χ1n) is 10.7. The Labute approximate surface area is 184 Å². The summed E-state index contributed by atoms with van der Waals surface area (Å²) in [6.07, 6.45) is 0. The van der Waals surface area contributed by atoms with Gasteiger partial charge in [0.1, 0.15) is 5.52 Å². The van der Waals surface area contributed by atoms with E-state index in [9.17, 15) is 9.59 Å². The monoisotopic (exact) mass is 433 g/mol. The van der Waals surface area contributed by atoms with Gasteiger partial charge in [-0.1, -0.05) is 0 Å². The first-order valence-corrected chi connectivity index (χ1v) is 10.7. The van der Waals surface area contributed by atoms with Crippen molar-refractivity contribution in [1.82, 2.24) is 28.5 Å². The highest BCUT2D eigenvalue weighted by atomic mass is 16.2. The fourth-order valence-electron chi connectivity index (χ4n) is 4.42. The van der Waals surface area contributed by atoms with Crippen molar-refractivity contribution in [3.63, 3.8) is 0 Å². The quantitative estimate of drug-likeness (QED) is 0.246. The molecular formula is C23H27N7O2. The molecule has 0 saturated heterocycles. The van der Waals surface area contributed by atoms with Gasteiger partial charge in [0.05, 0.1) is 33.9 Å². The lowest BCUT2D eigenvalue weighted by molar-refractivity contribution is 0.376. The van der Waals surface area contributed by atoms with Gasteiger partial charge >= 0.3 is 5.69 Å². The number of hydrogen-bond acceptors (Lipinski definition) is 6. The highest BCUT2D eigenvalue weighted by molar-refractivity contribution is 6.21. The molecule has 0 fully saturated rings. The summed E-state index contributed by atoms with van der Waals surface area (Å²) >= 11 is 0. The minimum Gasteiger partial charge on any atom is -0.399 e. The zero-order valence-corrected chi connectivity index (χ0v) is 18.8. The van der Waals surface area contributed by atoms with Crippen molar-refractivity contribution in [2.45, 2.75) is 13.1 Å². The number of rotatable bonds is 6. The minimum absolute atomic E-state index is 0.268. The summed E-state index contributed by atoms with van der Waals surface area (Å²) in [5.74, 6) is 0. The number of aromatic nitrogens is 4. The lowest BCUT2D eigenvalue weighted by Gasteiger charge is -2.16. The van der Waals surface area contributed by atoms with Crippen LogP contribution in [0, 0.1) is 0 Å². The topological polar surface area (TPSA) is 93.8 Å². The number of anilines is 1. The third kappa shape index (κ3) is 2.96. The first-order chi connectivity index (χ1) is 15.3. The molecule has 2 N–H and O–H groups in total. The van der Waals surface area contributed by atoms with Gasteiger partial charge in [-0.05, 0) is 58.5 Å². The van der Waals surface area contributed by atoms with E-state index in [0.717, 1.165) is 28.4 Å². The van der Waals surface area contributed by atoms with E-state index in [2.05, 4.69) is 4.90 Å². The maximum absolute atomic E-state index is 13.6. The average Bonchev–Trinajstić information content (AvgIpc) is 3.12. The van der Waals surface area contributed by atoms with Crippen LogP contribution in [0.4, 0.5) is 5.69 Å². The normalized spacial score (nSPS) is 12.6. The highest BCUT2D eigenvalue weighted by Crippen LogP contribution is 2.34. The predicted octanol–water partition coefficient (Wildman–Crippen LogP) is 1.26. The minimum atomic E-state index is -0.338. The molecule has 2 aromatic carbocycles. The molecule has 0 aliphatic carbocycles. The van der Waals surface area contributed by atoms with Gasteiger partial charge in [0.25, 0.3) is 5.56 Å². The number of likely N-dealkylation sites (N-methyl/N-ethyl adjacent to an activating group) is 2. The molecule has 0 unspecified atom stereocenters. The average molecular weight is 434 g/mol. The van der Waals surface area contributed by atoms with E-state index in [0.29, 0.717) is 41.7 Å². The molecule has 32 heavy (non-hydrogen) atoms. The Hall–Kier alpha value is -3.43. The summed E-state index contributed by atoms with van der Waals surface area (Å²) < 4.78 is 4.94. The summed E-state index contributed by atoms with van der Waals surface area (Å²) in [6, 6.07) is 9.24. The highest BCUT2D eigenvalue weighted by Gasteiger charge is 2.22. The van der Waals surface area contributed by atoms with Crippen LogP contribution in [0.2, 0.25) is 0 Å². The predicted molar refractivity (Wildman–Crippen MR) is 129 cm³/mol. The summed E-state index contributed by atoms with van der Waals surface area (Å²) in [5, 5.41) is 7.05. The van der Waals surface area contributed by atoms with Crippen LogP contribution < -0.4 is 17.0 Å². The second kappa shape index (κ2) is 7.32. The zero-order chi connectivity index (χ0) is 22.7. The van der Waals surface area contributed by atoms with Gasteiger partial charge in [0, 0.05) is 30.7 Å². The second-order valence-electron chi connectivity index (χ2n) is 8.89. The van der Waals surface area contributed by atoms with Crippen molar-refractivity contribution in [2.75, 3.05) is 47.0 Å². The molecule has 3 heterocycles. The van der Waals surface area contributed by atoms with Crippen molar-refractivity contribution >= 4 is 43.9 Å². The molecule has 0 saturated carbocycles. The largest absolute Gasteiger partial charge is 0.399 e. The zero-order valence-electron chi connectivity index (χ0n) is 18.8. The molecule has 0 radical (unpaired) electrons. The van der Waals surface area contributed by atoms with E-state index in [1.165, 1.54) is 4.57 Å². The number of hydrogen-bond donors (Lipinski definition) is 1. The van der Waals surface area contributed by atoms with E-state index >= 15 is 0 Å². The van der Waals surface area contributed by atoms with Crippen LogP contribution in [0.1, 0.15) is 0 Å². The van der Waals surface area contributed by atoms with Gasteiger partial charge in [0.15, 0.2) is 0 Å². The summed E-state index contributed by atoms with van der Waals surface area (Å²) in [6.45, 7) is 2.41. The Morgan fingerprint density at radius 1 is 0.906 bits per heavy atom. The number of nitrogens with two attached hydrogens (primary N) is 1. The fraction of sp³-hybridized carbons (Fsp3) is 0.348. The van der Waals surface area contributed by atoms with Crippen LogP contribution in [-0.4, -0.2) is 69.8 Å². The van der Waals surface area contributed by atoms with E-state index in [-0.39, 0.29) is 11.2 Å². The molecular weight excluding hydrogens is 406 g/mol. The molecule has 166 valence electrons. The lowest BCUT2D eigenvalue weighted by atomic mass is 10.1. The third-order valence-corrected chi connectivity index (χ3v) is 6.06. The van der Waals surface area contributed by atoms with Crippen LogP contribution in [0.15, 0.2) is 39.9 Å². The summed E-state index contributed by atoms with van der Waals surface area (Å²) in [4.78, 5) is 31.0. The van der Waals surface area contributed by atoms with Gasteiger partial charge in [-0.15, -0.1) is 0 Å². The number of benzene rings is 2. The standard InChI is InChI=1S/C23H27N7O2/c1-26(2)9-11-28-22(31)15-6-8-18-19-20(25-29(18)12-10-27(3)4)16-13-14(24)5-7-17(16)30(21(15)19)23(28)32/h5-8,13H,9-12,24H2,1-4H3. The maximum atomic E-state index is 13.6. The molecule has 0 aliphatic heterocycles. The summed E-state index contributed by atoms with van der Waals surface area (Å²) in [5.41, 5.74) is 9.10. The smallest absolute Gasteiger partial charge is 0.336 e. The van der Waals surface area contributed by atoms with Gasteiger partial charge < -0.3 is 15.5 Å². The van der Waals surface area contributed by atoms with Crippen LogP contribution in [0.3, 0.4) is 0 Å². The SMILES string of the molecule is CN(C)CCn1c(=O)c2ccc3c4c(nn3CCN(C)C)c3cc(N)ccc3n(c1=O)c24. The Morgan fingerprint density at radius 2 is 1.59 bits per heavy atom. The van der Waals surface area contributed by atoms with E-state index in [4.69, 9.17) is 10.8 Å². The molecule has 0 atom stereocenters. The van der Waals surface area contributed by atoms with E-state index in [1.807, 2.05) is 62.0 Å². The molecule has 9 nitrogen and oxygen atoms in total. The van der Waals surface area contributed by atoms with Crippen LogP contribution in [-0.2, 0) is 13.1 Å². The van der Waals surface area contributed by atoms with Crippen molar-refractivity contribution in [1.29, 1.82) is 0 Å². The Balaban J connectivity index is 1.96. The van der Waals surface area contributed by atoms with Gasteiger partial charge in [-0.3, -0.25) is 18.4 Å². The first kappa shape index (κ1) is 20.5. The fourth-order valence-corrected chi connectivity index (χ4v) is 4.42. The Kier molecular flexibility index (Phi) is 4.68. The number of nitrogens with zero attached hydrogens (tertiary/aromatic N) is 6. The Morgan fingerprint density at radius 3 is 2.31 bits per heavy atom. The number of nitrogen functional groups attached to an aromatic ring is 1. The Bertz CT molecular complexity index is 1590. The molecule has 3 aromatic heterocycles. The van der Waals surface area contributed by atoms with Crippen molar-refractivity contribution < 1.29 is 0 Å². The lowest BCUT2D eigenvalue weighted by Crippen LogP contribution is -2.40. The van der Waals surface area contributed by atoms with Gasteiger partial charge in [-0.2, -0.15) is 5.10 Å². The van der Waals surface area contributed by atoms with Crippen molar-refractivity contribution in [3.05, 3.63) is 51.2 Å². The van der Waals surface area contributed by atoms with E-state index in [1.54, 1.807) is 10.5 Å². The van der Waals surface area contributed by atoms with Gasteiger partial charge in [0.2, 0.25) is 0 Å². The molecule has 9 heteroatoms. The van der Waals surface area contributed by atoms with Gasteiger partial charge in [-0.25, -0.2) is 4.79 Å². The van der Waals surface area contributed by atoms with Crippen molar-refractivity contribution in [3.8, 4) is 0 Å². The molecule has 5 rings (SSSR count). The van der Waals surface area contributed by atoms with E-state index < -0.39 is 0 Å². The molecule has 0 amide bonds. The molecule has 0 aliphatic rings. The molecule has 0 bridgehead atoms. The maximum Gasteiger partial charge on any atom is 0.336 e. The molecule has 0 spiro atoms. The van der Waals surface area contributed by atoms with Crippen LogP contribution in [0.5, 0.6) is 0 Å². The van der Waals surface area contributed by atoms with Crippen LogP contribution in [0.25, 0.3) is 38.2 Å². The number of pyridine rings is 1. The third-order valence-electron chi connectivity index (χ3n) is 6.06. The summed E-state index contributed by atoms with van der Waals surface area (Å²) in [7, 11) is 7.88. The van der Waals surface area contributed by atoms with Crippen LogP contribution >= 0.6 is 0 Å². The van der Waals surface area contributed by atoms with Crippen molar-refractivity contribution in [2.24, 2.45) is 0 Å². The second-order valence-corrected chi connectivity index (χ2v) is 8.89. The number of fused-ring (bicyclic) bond motifs is 3.